The smallest absolute Gasteiger partial charge is 0.131 e. The number of phenolic OH excluding ortho intramolecular Hbond substituents is 1. The summed E-state index contributed by atoms with van der Waals surface area (Å²) in [6, 6.07) is 5.65. The van der Waals surface area contributed by atoms with Crippen LogP contribution in [0.1, 0.15) is 43.7 Å². The van der Waals surface area contributed by atoms with Crippen molar-refractivity contribution in [3.63, 3.8) is 0 Å². The molecule has 3 heteroatoms. The van der Waals surface area contributed by atoms with Crippen LogP contribution in [0.25, 0.3) is 0 Å². The summed E-state index contributed by atoms with van der Waals surface area (Å²) in [5.74, 6) is 0.828. The van der Waals surface area contributed by atoms with E-state index in [2.05, 4.69) is 12.7 Å². The molecule has 23 heavy (non-hydrogen) atoms. The number of fused-ring (bicyclic) bond motifs is 5. The molecule has 0 aromatic heterocycles. The van der Waals surface area contributed by atoms with Crippen LogP contribution >= 0.6 is 0 Å². The summed E-state index contributed by atoms with van der Waals surface area (Å²) in [5.41, 5.74) is 1.89. The molecule has 2 saturated carbocycles. The number of phenols is 1. The van der Waals surface area contributed by atoms with Gasteiger partial charge in [-0.1, -0.05) is 19.1 Å². The maximum atomic E-state index is 14.7. The maximum Gasteiger partial charge on any atom is 0.131 e. The minimum atomic E-state index is -1.11. The first-order valence-corrected chi connectivity index (χ1v) is 8.70. The monoisotopic (exact) mass is 316 g/mol. The lowest BCUT2D eigenvalue weighted by atomic mass is 9.48. The SMILES string of the molecule is C=CC12CC[C@]3(C)[C@@H](F)[C@H](O)C[C@H]3[C@@H]1CCc1cc(O)ccc12. The molecular formula is C20H25FO2. The average Bonchev–Trinajstić information content (AvgIpc) is 2.77. The van der Waals surface area contributed by atoms with Gasteiger partial charge in [0.25, 0.3) is 0 Å². The van der Waals surface area contributed by atoms with E-state index in [0.29, 0.717) is 18.1 Å². The van der Waals surface area contributed by atoms with E-state index >= 15 is 0 Å². The molecule has 3 aliphatic rings. The molecule has 2 fully saturated rings. The minimum Gasteiger partial charge on any atom is -0.508 e. The third-order valence-corrected chi connectivity index (χ3v) is 7.21. The van der Waals surface area contributed by atoms with Crippen LogP contribution in [0.15, 0.2) is 30.9 Å². The molecule has 4 rings (SSSR count). The molecule has 0 amide bonds. The molecule has 1 aromatic carbocycles. The quantitative estimate of drug-likeness (QED) is 0.772. The summed E-state index contributed by atoms with van der Waals surface area (Å²) >= 11 is 0. The predicted molar refractivity (Wildman–Crippen MR) is 88.1 cm³/mol. The second kappa shape index (κ2) is 4.83. The van der Waals surface area contributed by atoms with Crippen molar-refractivity contribution in [3.8, 4) is 5.75 Å². The number of hydrogen-bond donors (Lipinski definition) is 2. The molecule has 0 aliphatic heterocycles. The Morgan fingerprint density at radius 2 is 2.09 bits per heavy atom. The van der Waals surface area contributed by atoms with Crippen molar-refractivity contribution in [3.05, 3.63) is 42.0 Å². The van der Waals surface area contributed by atoms with Gasteiger partial charge in [-0.2, -0.15) is 0 Å². The molecular weight excluding hydrogens is 291 g/mol. The normalized spacial score (nSPS) is 45.0. The van der Waals surface area contributed by atoms with Gasteiger partial charge in [0.2, 0.25) is 0 Å². The number of aliphatic hydroxyl groups is 1. The van der Waals surface area contributed by atoms with Crippen LogP contribution in [-0.2, 0) is 11.8 Å². The highest BCUT2D eigenvalue weighted by atomic mass is 19.1. The predicted octanol–water partition coefficient (Wildman–Crippen LogP) is 3.90. The average molecular weight is 316 g/mol. The maximum absolute atomic E-state index is 14.7. The van der Waals surface area contributed by atoms with Gasteiger partial charge in [-0.3, -0.25) is 0 Å². The van der Waals surface area contributed by atoms with Gasteiger partial charge < -0.3 is 10.2 Å². The largest absolute Gasteiger partial charge is 0.508 e. The van der Waals surface area contributed by atoms with Gasteiger partial charge in [-0.15, -0.1) is 6.58 Å². The third kappa shape index (κ3) is 1.83. The minimum absolute atomic E-state index is 0.144. The first-order valence-electron chi connectivity index (χ1n) is 8.70. The third-order valence-electron chi connectivity index (χ3n) is 7.21. The van der Waals surface area contributed by atoms with E-state index in [0.717, 1.165) is 25.7 Å². The van der Waals surface area contributed by atoms with Crippen molar-refractivity contribution in [1.29, 1.82) is 0 Å². The molecule has 0 bridgehead atoms. The molecule has 0 radical (unpaired) electrons. The number of hydrogen-bond acceptors (Lipinski definition) is 2. The van der Waals surface area contributed by atoms with Crippen LogP contribution in [-0.4, -0.2) is 22.5 Å². The number of alkyl halides is 1. The van der Waals surface area contributed by atoms with Gasteiger partial charge >= 0.3 is 0 Å². The summed E-state index contributed by atoms with van der Waals surface area (Å²) in [7, 11) is 0. The van der Waals surface area contributed by atoms with Crippen LogP contribution in [0.5, 0.6) is 5.75 Å². The topological polar surface area (TPSA) is 40.5 Å². The molecule has 1 unspecified atom stereocenters. The Morgan fingerprint density at radius 1 is 1.30 bits per heavy atom. The Kier molecular flexibility index (Phi) is 3.19. The summed E-state index contributed by atoms with van der Waals surface area (Å²) in [4.78, 5) is 0. The number of aliphatic hydroxyl groups excluding tert-OH is 1. The van der Waals surface area contributed by atoms with Crippen molar-refractivity contribution in [2.45, 2.75) is 56.7 Å². The Labute approximate surface area is 137 Å². The molecule has 1 aromatic rings. The number of aromatic hydroxyl groups is 1. The molecule has 0 saturated heterocycles. The van der Waals surface area contributed by atoms with E-state index in [-0.39, 0.29) is 11.3 Å². The molecule has 6 atom stereocenters. The van der Waals surface area contributed by atoms with E-state index in [1.54, 1.807) is 6.07 Å². The van der Waals surface area contributed by atoms with Crippen LogP contribution in [0.3, 0.4) is 0 Å². The van der Waals surface area contributed by atoms with E-state index in [1.165, 1.54) is 11.1 Å². The Hall–Kier alpha value is -1.35. The van der Waals surface area contributed by atoms with E-state index < -0.39 is 17.7 Å². The fraction of sp³-hybridized carbons (Fsp3) is 0.600. The lowest BCUT2D eigenvalue weighted by Gasteiger charge is -2.55. The van der Waals surface area contributed by atoms with Gasteiger partial charge in [0, 0.05) is 10.8 Å². The van der Waals surface area contributed by atoms with Gasteiger partial charge in [-0.25, -0.2) is 4.39 Å². The number of rotatable bonds is 1. The van der Waals surface area contributed by atoms with Crippen molar-refractivity contribution >= 4 is 0 Å². The molecule has 2 nitrogen and oxygen atoms in total. The van der Waals surface area contributed by atoms with Gasteiger partial charge in [0.05, 0.1) is 6.10 Å². The molecule has 2 N–H and O–H groups in total. The van der Waals surface area contributed by atoms with Crippen LogP contribution in [0.2, 0.25) is 0 Å². The highest BCUT2D eigenvalue weighted by molar-refractivity contribution is 5.46. The van der Waals surface area contributed by atoms with Gasteiger partial charge in [0.1, 0.15) is 11.9 Å². The molecule has 0 spiro atoms. The zero-order chi connectivity index (χ0) is 16.4. The van der Waals surface area contributed by atoms with Crippen molar-refractivity contribution in [2.24, 2.45) is 17.3 Å². The summed E-state index contributed by atoms with van der Waals surface area (Å²) in [6.45, 7) is 6.16. The van der Waals surface area contributed by atoms with E-state index in [1.807, 2.05) is 19.1 Å². The first-order chi connectivity index (χ1) is 10.9. The van der Waals surface area contributed by atoms with Gasteiger partial charge in [-0.05, 0) is 67.2 Å². The zero-order valence-corrected chi connectivity index (χ0v) is 13.6. The standard InChI is InChI=1S/C20H25FO2/c1-3-20-9-8-19(2)16(11-17(23)18(19)21)15(20)6-4-12-10-13(22)5-7-14(12)20/h3,5,7,10,15-18,22-23H,1,4,6,8-9,11H2,2H3/t15-,16-,17+,18-,19-,20?/m0/s1. The Morgan fingerprint density at radius 3 is 2.83 bits per heavy atom. The lowest BCUT2D eigenvalue weighted by molar-refractivity contribution is -0.0198. The van der Waals surface area contributed by atoms with Crippen LogP contribution < -0.4 is 0 Å². The molecule has 124 valence electrons. The number of halogens is 1. The van der Waals surface area contributed by atoms with Crippen LogP contribution in [0, 0.1) is 17.3 Å². The fourth-order valence-electron chi connectivity index (χ4n) is 5.97. The van der Waals surface area contributed by atoms with Gasteiger partial charge in [0.15, 0.2) is 0 Å². The number of aryl methyl sites for hydroxylation is 1. The highest BCUT2D eigenvalue weighted by Gasteiger charge is 2.62. The number of benzene rings is 1. The summed E-state index contributed by atoms with van der Waals surface area (Å²) in [6.07, 6.45) is 4.21. The van der Waals surface area contributed by atoms with Crippen molar-refractivity contribution < 1.29 is 14.6 Å². The van der Waals surface area contributed by atoms with E-state index in [9.17, 15) is 14.6 Å². The Balaban J connectivity index is 1.83. The van der Waals surface area contributed by atoms with Crippen molar-refractivity contribution in [2.75, 3.05) is 0 Å². The Bertz CT molecular complexity index is 657. The summed E-state index contributed by atoms with van der Waals surface area (Å²) < 4.78 is 14.7. The first kappa shape index (κ1) is 15.2. The molecule has 0 heterocycles. The summed E-state index contributed by atoms with van der Waals surface area (Å²) in [5, 5.41) is 19.9. The van der Waals surface area contributed by atoms with E-state index in [4.69, 9.17) is 0 Å². The lowest BCUT2D eigenvalue weighted by Crippen LogP contribution is -2.51. The second-order valence-corrected chi connectivity index (χ2v) is 8.05. The molecule has 3 aliphatic carbocycles. The second-order valence-electron chi connectivity index (χ2n) is 8.05. The number of allylic oxidation sites excluding steroid dienone is 1. The highest BCUT2D eigenvalue weighted by Crippen LogP contribution is 2.64. The van der Waals surface area contributed by atoms with Crippen molar-refractivity contribution in [1.82, 2.24) is 0 Å². The van der Waals surface area contributed by atoms with Crippen LogP contribution in [0.4, 0.5) is 4.39 Å². The fourth-order valence-corrected chi connectivity index (χ4v) is 5.97. The zero-order valence-electron chi connectivity index (χ0n) is 13.6.